The highest BCUT2D eigenvalue weighted by Gasteiger charge is 2.24. The van der Waals surface area contributed by atoms with E-state index in [2.05, 4.69) is 20.2 Å². The highest BCUT2D eigenvalue weighted by atomic mass is 32.1. The molecule has 1 heterocycles. The summed E-state index contributed by atoms with van der Waals surface area (Å²) in [5.74, 6) is 0. The summed E-state index contributed by atoms with van der Waals surface area (Å²) in [4.78, 5) is 11.7. The number of ether oxygens (including phenoxy) is 1. The lowest BCUT2D eigenvalue weighted by molar-refractivity contribution is 0.0472. The minimum absolute atomic E-state index is 0.397. The summed E-state index contributed by atoms with van der Waals surface area (Å²) >= 11 is 1.32. The van der Waals surface area contributed by atoms with Crippen molar-refractivity contribution in [2.45, 2.75) is 52.3 Å². The van der Waals surface area contributed by atoms with E-state index in [1.54, 1.807) is 0 Å². The number of alkyl carbamates (subject to hydrolysis) is 1. The van der Waals surface area contributed by atoms with Crippen LogP contribution in [0, 0.1) is 0 Å². The summed E-state index contributed by atoms with van der Waals surface area (Å²) in [5, 5.41) is 11.9. The number of rotatable bonds is 5. The Balaban J connectivity index is 2.32. The molecule has 0 aromatic carbocycles. The van der Waals surface area contributed by atoms with Crippen molar-refractivity contribution in [1.82, 2.24) is 20.2 Å². The summed E-state index contributed by atoms with van der Waals surface area (Å²) < 4.78 is 9.02. The zero-order valence-electron chi connectivity index (χ0n) is 12.1. The third kappa shape index (κ3) is 7.07. The predicted molar refractivity (Wildman–Crippen MR) is 75.1 cm³/mol. The first-order chi connectivity index (χ1) is 8.68. The quantitative estimate of drug-likeness (QED) is 0.865. The third-order valence-electron chi connectivity index (χ3n) is 2.12. The first-order valence-electron chi connectivity index (χ1n) is 6.16. The molecule has 6 nitrogen and oxygen atoms in total. The second-order valence-corrected chi connectivity index (χ2v) is 6.62. The summed E-state index contributed by atoms with van der Waals surface area (Å²) in [6, 6.07) is 0. The minimum Gasteiger partial charge on any atom is -0.444 e. The second-order valence-electron chi connectivity index (χ2n) is 6.01. The molecule has 1 aromatic heterocycles. The van der Waals surface area contributed by atoms with Crippen LogP contribution in [0.1, 0.15) is 40.3 Å². The molecule has 0 aliphatic carbocycles. The van der Waals surface area contributed by atoms with Crippen LogP contribution in [-0.4, -0.2) is 33.4 Å². The SMILES string of the molecule is CC(C)(CNCc1csnn1)NC(=O)OC(C)(C)C. The molecule has 0 radical (unpaired) electrons. The molecule has 0 aliphatic heterocycles. The van der Waals surface area contributed by atoms with E-state index in [-0.39, 0.29) is 0 Å². The first-order valence-corrected chi connectivity index (χ1v) is 6.99. The second kappa shape index (κ2) is 6.29. The number of hydrogen-bond acceptors (Lipinski definition) is 6. The van der Waals surface area contributed by atoms with Crippen molar-refractivity contribution in [3.63, 3.8) is 0 Å². The van der Waals surface area contributed by atoms with Gasteiger partial charge < -0.3 is 15.4 Å². The zero-order chi connectivity index (χ0) is 14.5. The topological polar surface area (TPSA) is 76.1 Å². The van der Waals surface area contributed by atoms with Gasteiger partial charge in [0.1, 0.15) is 5.60 Å². The number of amides is 1. The van der Waals surface area contributed by atoms with Crippen LogP contribution in [0.2, 0.25) is 0 Å². The Hall–Kier alpha value is -1.21. The van der Waals surface area contributed by atoms with Crippen molar-refractivity contribution < 1.29 is 9.53 Å². The van der Waals surface area contributed by atoms with Crippen LogP contribution in [0.4, 0.5) is 4.79 Å². The van der Waals surface area contributed by atoms with Crippen molar-refractivity contribution in [3.05, 3.63) is 11.1 Å². The molecule has 0 atom stereocenters. The number of aromatic nitrogens is 2. The molecule has 0 saturated carbocycles. The van der Waals surface area contributed by atoms with Crippen LogP contribution >= 0.6 is 11.5 Å². The van der Waals surface area contributed by atoms with Gasteiger partial charge >= 0.3 is 6.09 Å². The van der Waals surface area contributed by atoms with E-state index in [9.17, 15) is 4.79 Å². The Morgan fingerprint density at radius 2 is 2.05 bits per heavy atom. The molecule has 0 aliphatic rings. The Labute approximate surface area is 118 Å². The fourth-order valence-corrected chi connectivity index (χ4v) is 1.84. The molecule has 0 unspecified atom stereocenters. The molecule has 0 spiro atoms. The van der Waals surface area contributed by atoms with E-state index in [1.807, 2.05) is 40.0 Å². The van der Waals surface area contributed by atoms with Crippen LogP contribution < -0.4 is 10.6 Å². The van der Waals surface area contributed by atoms with Gasteiger partial charge in [0.25, 0.3) is 0 Å². The van der Waals surface area contributed by atoms with Crippen molar-refractivity contribution in [2.75, 3.05) is 6.54 Å². The zero-order valence-corrected chi connectivity index (χ0v) is 12.9. The van der Waals surface area contributed by atoms with Gasteiger partial charge in [-0.15, -0.1) is 5.10 Å². The average Bonchev–Trinajstić information content (AvgIpc) is 2.65. The van der Waals surface area contributed by atoms with Gasteiger partial charge in [0, 0.05) is 18.5 Å². The summed E-state index contributed by atoms with van der Waals surface area (Å²) in [7, 11) is 0. The highest BCUT2D eigenvalue weighted by Crippen LogP contribution is 2.09. The lowest BCUT2D eigenvalue weighted by atomic mass is 10.1. The molecule has 1 amide bonds. The lowest BCUT2D eigenvalue weighted by Crippen LogP contribution is -2.51. The van der Waals surface area contributed by atoms with Crippen LogP contribution in [-0.2, 0) is 11.3 Å². The van der Waals surface area contributed by atoms with E-state index < -0.39 is 17.2 Å². The summed E-state index contributed by atoms with van der Waals surface area (Å²) in [6.45, 7) is 10.6. The average molecular weight is 286 g/mol. The molecule has 0 saturated heterocycles. The highest BCUT2D eigenvalue weighted by molar-refractivity contribution is 7.03. The maximum Gasteiger partial charge on any atom is 0.408 e. The lowest BCUT2D eigenvalue weighted by Gasteiger charge is -2.28. The van der Waals surface area contributed by atoms with Crippen molar-refractivity contribution in [1.29, 1.82) is 0 Å². The van der Waals surface area contributed by atoms with Crippen LogP contribution in [0.5, 0.6) is 0 Å². The molecular formula is C12H22N4O2S. The third-order valence-corrected chi connectivity index (χ3v) is 2.67. The molecule has 1 rings (SSSR count). The summed E-state index contributed by atoms with van der Waals surface area (Å²) in [5.41, 5.74) is 0.0177. The van der Waals surface area contributed by atoms with Gasteiger partial charge in [-0.3, -0.25) is 0 Å². The van der Waals surface area contributed by atoms with Crippen molar-refractivity contribution in [2.24, 2.45) is 0 Å². The van der Waals surface area contributed by atoms with Gasteiger partial charge in [-0.05, 0) is 46.2 Å². The van der Waals surface area contributed by atoms with E-state index in [4.69, 9.17) is 4.74 Å². The number of carbonyl (C=O) groups excluding carboxylic acids is 1. The van der Waals surface area contributed by atoms with Crippen molar-refractivity contribution >= 4 is 17.6 Å². The molecular weight excluding hydrogens is 264 g/mol. The number of nitrogens with zero attached hydrogens (tertiary/aromatic N) is 2. The number of hydrogen-bond donors (Lipinski definition) is 2. The Morgan fingerprint density at radius 1 is 1.37 bits per heavy atom. The van der Waals surface area contributed by atoms with Gasteiger partial charge in [0.2, 0.25) is 0 Å². The first kappa shape index (κ1) is 15.8. The smallest absolute Gasteiger partial charge is 0.408 e. The van der Waals surface area contributed by atoms with Crippen LogP contribution in [0.3, 0.4) is 0 Å². The molecule has 1 aromatic rings. The van der Waals surface area contributed by atoms with Crippen molar-refractivity contribution in [3.8, 4) is 0 Å². The predicted octanol–water partition coefficient (Wildman–Crippen LogP) is 1.93. The normalized spacial score (nSPS) is 12.3. The van der Waals surface area contributed by atoms with Crippen LogP contribution in [0.15, 0.2) is 5.38 Å². The van der Waals surface area contributed by atoms with Crippen LogP contribution in [0.25, 0.3) is 0 Å². The van der Waals surface area contributed by atoms with E-state index in [0.29, 0.717) is 13.1 Å². The maximum atomic E-state index is 11.7. The Kier molecular flexibility index (Phi) is 5.25. The van der Waals surface area contributed by atoms with Gasteiger partial charge in [-0.25, -0.2) is 4.79 Å². The molecule has 108 valence electrons. The van der Waals surface area contributed by atoms with Gasteiger partial charge in [-0.2, -0.15) is 0 Å². The van der Waals surface area contributed by atoms with E-state index in [1.165, 1.54) is 11.5 Å². The standard InChI is InChI=1S/C12H22N4O2S/c1-11(2,3)18-10(17)14-12(4,5)8-13-6-9-7-19-16-15-9/h7,13H,6,8H2,1-5H3,(H,14,17). The van der Waals surface area contributed by atoms with Gasteiger partial charge in [0.05, 0.1) is 11.2 Å². The largest absolute Gasteiger partial charge is 0.444 e. The molecule has 0 bridgehead atoms. The van der Waals surface area contributed by atoms with E-state index in [0.717, 1.165) is 5.69 Å². The fourth-order valence-electron chi connectivity index (χ4n) is 1.39. The molecule has 7 heteroatoms. The summed E-state index contributed by atoms with van der Waals surface area (Å²) in [6.07, 6.45) is -0.408. The van der Waals surface area contributed by atoms with E-state index >= 15 is 0 Å². The fraction of sp³-hybridized carbons (Fsp3) is 0.750. The monoisotopic (exact) mass is 286 g/mol. The Morgan fingerprint density at radius 3 is 2.58 bits per heavy atom. The van der Waals surface area contributed by atoms with Gasteiger partial charge in [0.15, 0.2) is 0 Å². The molecule has 19 heavy (non-hydrogen) atoms. The minimum atomic E-state index is -0.486. The number of nitrogens with one attached hydrogen (secondary N) is 2. The van der Waals surface area contributed by atoms with Gasteiger partial charge in [-0.1, -0.05) is 4.49 Å². The maximum absolute atomic E-state index is 11.7. The molecule has 2 N–H and O–H groups in total. The Bertz CT molecular complexity index is 398. The number of carbonyl (C=O) groups is 1. The molecule has 0 fully saturated rings.